The third-order valence-corrected chi connectivity index (χ3v) is 3.91. The summed E-state index contributed by atoms with van der Waals surface area (Å²) < 4.78 is 5.11. The quantitative estimate of drug-likeness (QED) is 0.706. The highest BCUT2D eigenvalue weighted by atomic mass is 16.4. The third kappa shape index (κ3) is 3.90. The van der Waals surface area contributed by atoms with Crippen LogP contribution in [0.25, 0.3) is 10.8 Å². The summed E-state index contributed by atoms with van der Waals surface area (Å²) in [6, 6.07) is 18.9. The summed E-state index contributed by atoms with van der Waals surface area (Å²) in [5.41, 5.74) is 0.812. The highest BCUT2D eigenvalue weighted by molar-refractivity contribution is 5.95. The van der Waals surface area contributed by atoms with Gasteiger partial charge in [0.25, 0.3) is 5.91 Å². The van der Waals surface area contributed by atoms with Crippen LogP contribution >= 0.6 is 0 Å². The van der Waals surface area contributed by atoms with Crippen LogP contribution in [0.4, 0.5) is 0 Å². The van der Waals surface area contributed by atoms with Crippen molar-refractivity contribution in [3.05, 3.63) is 82.4 Å². The van der Waals surface area contributed by atoms with E-state index in [1.165, 1.54) is 5.56 Å². The molecule has 1 N–H and O–H groups in total. The SMILES string of the molecule is O=C(NCCCCc1ccccc1)c1cc2ccccc2c(=O)o1. The summed E-state index contributed by atoms with van der Waals surface area (Å²) in [4.78, 5) is 24.0. The van der Waals surface area contributed by atoms with Crippen LogP contribution in [-0.4, -0.2) is 12.5 Å². The molecule has 3 rings (SSSR count). The Bertz CT molecular complexity index is 884. The molecule has 0 aliphatic rings. The van der Waals surface area contributed by atoms with Gasteiger partial charge in [0.2, 0.25) is 0 Å². The number of nitrogens with one attached hydrogen (secondary N) is 1. The molecule has 122 valence electrons. The molecule has 24 heavy (non-hydrogen) atoms. The number of hydrogen-bond donors (Lipinski definition) is 1. The van der Waals surface area contributed by atoms with Gasteiger partial charge in [-0.15, -0.1) is 0 Å². The minimum atomic E-state index is -0.484. The average Bonchev–Trinajstić information content (AvgIpc) is 2.62. The molecular formula is C20H19NO3. The highest BCUT2D eigenvalue weighted by Crippen LogP contribution is 2.11. The van der Waals surface area contributed by atoms with E-state index in [4.69, 9.17) is 4.42 Å². The van der Waals surface area contributed by atoms with E-state index in [0.717, 1.165) is 19.3 Å². The van der Waals surface area contributed by atoms with Crippen molar-refractivity contribution in [2.45, 2.75) is 19.3 Å². The van der Waals surface area contributed by atoms with Crippen molar-refractivity contribution in [2.75, 3.05) is 6.54 Å². The fourth-order valence-corrected chi connectivity index (χ4v) is 2.63. The smallest absolute Gasteiger partial charge is 0.344 e. The minimum absolute atomic E-state index is 0.0572. The largest absolute Gasteiger partial charge is 0.417 e. The monoisotopic (exact) mass is 321 g/mol. The van der Waals surface area contributed by atoms with Crippen LogP contribution in [-0.2, 0) is 6.42 Å². The van der Waals surface area contributed by atoms with Crippen molar-refractivity contribution in [3.63, 3.8) is 0 Å². The van der Waals surface area contributed by atoms with Crippen molar-refractivity contribution in [2.24, 2.45) is 0 Å². The van der Waals surface area contributed by atoms with Gasteiger partial charge in [-0.05, 0) is 42.3 Å². The van der Waals surface area contributed by atoms with E-state index in [9.17, 15) is 9.59 Å². The number of rotatable bonds is 6. The molecule has 0 radical (unpaired) electrons. The lowest BCUT2D eigenvalue weighted by Crippen LogP contribution is -2.25. The molecular weight excluding hydrogens is 302 g/mol. The Morgan fingerprint density at radius 1 is 0.958 bits per heavy atom. The molecule has 4 nitrogen and oxygen atoms in total. The van der Waals surface area contributed by atoms with Crippen molar-refractivity contribution >= 4 is 16.7 Å². The van der Waals surface area contributed by atoms with Gasteiger partial charge in [0, 0.05) is 6.54 Å². The Balaban J connectivity index is 1.53. The third-order valence-electron chi connectivity index (χ3n) is 3.91. The molecule has 0 saturated heterocycles. The molecule has 1 aromatic heterocycles. The van der Waals surface area contributed by atoms with Crippen molar-refractivity contribution in [1.29, 1.82) is 0 Å². The zero-order valence-electron chi connectivity index (χ0n) is 13.3. The molecule has 2 aromatic carbocycles. The lowest BCUT2D eigenvalue weighted by molar-refractivity contribution is 0.0921. The maximum atomic E-state index is 12.1. The number of carbonyl (C=O) groups is 1. The van der Waals surface area contributed by atoms with Crippen LogP contribution in [0.5, 0.6) is 0 Å². The predicted molar refractivity (Wildman–Crippen MR) is 94.2 cm³/mol. The van der Waals surface area contributed by atoms with Crippen LogP contribution in [0.3, 0.4) is 0 Å². The van der Waals surface area contributed by atoms with E-state index in [-0.39, 0.29) is 11.7 Å². The minimum Gasteiger partial charge on any atom is -0.417 e. The summed E-state index contributed by atoms with van der Waals surface area (Å²) in [5, 5.41) is 4.00. The van der Waals surface area contributed by atoms with Crippen molar-refractivity contribution in [1.82, 2.24) is 5.32 Å². The summed E-state index contributed by atoms with van der Waals surface area (Å²) in [7, 11) is 0. The first kappa shape index (κ1) is 16.0. The molecule has 4 heteroatoms. The van der Waals surface area contributed by atoms with Gasteiger partial charge < -0.3 is 9.73 Å². The van der Waals surface area contributed by atoms with Crippen LogP contribution < -0.4 is 10.9 Å². The van der Waals surface area contributed by atoms with Crippen LogP contribution in [0.1, 0.15) is 29.0 Å². The van der Waals surface area contributed by atoms with Crippen LogP contribution in [0, 0.1) is 0 Å². The Labute approximate surface area is 140 Å². The van der Waals surface area contributed by atoms with E-state index >= 15 is 0 Å². The van der Waals surface area contributed by atoms with Crippen molar-refractivity contribution < 1.29 is 9.21 Å². The zero-order chi connectivity index (χ0) is 16.8. The van der Waals surface area contributed by atoms with Crippen LogP contribution in [0.2, 0.25) is 0 Å². The number of carbonyl (C=O) groups excluding carboxylic acids is 1. The average molecular weight is 321 g/mol. The number of amides is 1. The summed E-state index contributed by atoms with van der Waals surface area (Å²) in [5.74, 6) is -0.292. The topological polar surface area (TPSA) is 59.3 Å². The Kier molecular flexibility index (Phi) is 5.06. The molecule has 0 bridgehead atoms. The molecule has 0 fully saturated rings. The first-order chi connectivity index (χ1) is 11.7. The van der Waals surface area contributed by atoms with E-state index in [0.29, 0.717) is 17.3 Å². The van der Waals surface area contributed by atoms with Gasteiger partial charge in [0.15, 0.2) is 5.76 Å². The molecule has 0 spiro atoms. The molecule has 0 atom stereocenters. The first-order valence-electron chi connectivity index (χ1n) is 8.09. The van der Waals surface area contributed by atoms with E-state index in [2.05, 4.69) is 17.4 Å². The number of benzene rings is 2. The second-order valence-electron chi connectivity index (χ2n) is 5.68. The van der Waals surface area contributed by atoms with E-state index in [1.807, 2.05) is 24.3 Å². The van der Waals surface area contributed by atoms with Crippen LogP contribution in [0.15, 0.2) is 69.9 Å². The van der Waals surface area contributed by atoms with E-state index < -0.39 is 5.63 Å². The fourth-order valence-electron chi connectivity index (χ4n) is 2.63. The van der Waals surface area contributed by atoms with Gasteiger partial charge >= 0.3 is 5.63 Å². The lowest BCUT2D eigenvalue weighted by atomic mass is 10.1. The molecule has 3 aromatic rings. The Morgan fingerprint density at radius 3 is 2.54 bits per heavy atom. The summed E-state index contributed by atoms with van der Waals surface area (Å²) in [6.07, 6.45) is 2.85. The molecule has 1 heterocycles. The first-order valence-corrected chi connectivity index (χ1v) is 8.09. The van der Waals surface area contributed by atoms with Crippen molar-refractivity contribution in [3.8, 4) is 0 Å². The van der Waals surface area contributed by atoms with E-state index in [1.54, 1.807) is 24.3 Å². The van der Waals surface area contributed by atoms with Gasteiger partial charge in [-0.1, -0.05) is 48.5 Å². The molecule has 0 unspecified atom stereocenters. The normalized spacial score (nSPS) is 10.7. The summed E-state index contributed by atoms with van der Waals surface area (Å²) >= 11 is 0. The highest BCUT2D eigenvalue weighted by Gasteiger charge is 2.11. The molecule has 0 aliphatic carbocycles. The van der Waals surface area contributed by atoms with Gasteiger partial charge in [-0.25, -0.2) is 4.79 Å². The number of unbranched alkanes of at least 4 members (excludes halogenated alkanes) is 1. The molecule has 0 aliphatic heterocycles. The second kappa shape index (κ2) is 7.59. The summed E-state index contributed by atoms with van der Waals surface area (Å²) in [6.45, 7) is 0.558. The maximum Gasteiger partial charge on any atom is 0.344 e. The zero-order valence-corrected chi connectivity index (χ0v) is 13.3. The number of hydrogen-bond acceptors (Lipinski definition) is 3. The van der Waals surface area contributed by atoms with Gasteiger partial charge in [-0.2, -0.15) is 0 Å². The predicted octanol–water partition coefficient (Wildman–Crippen LogP) is 3.55. The lowest BCUT2D eigenvalue weighted by Gasteiger charge is -2.05. The van der Waals surface area contributed by atoms with Gasteiger partial charge in [-0.3, -0.25) is 4.79 Å². The standard InChI is InChI=1S/C20H19NO3/c22-19(21-13-7-6-10-15-8-2-1-3-9-15)18-14-16-11-4-5-12-17(16)20(23)24-18/h1-5,8-9,11-12,14H,6-7,10,13H2,(H,21,22). The second-order valence-corrected chi connectivity index (χ2v) is 5.68. The molecule has 0 saturated carbocycles. The van der Waals surface area contributed by atoms with Gasteiger partial charge in [0.1, 0.15) is 0 Å². The van der Waals surface area contributed by atoms with Gasteiger partial charge in [0.05, 0.1) is 5.39 Å². The fraction of sp³-hybridized carbons (Fsp3) is 0.200. The molecule has 1 amide bonds. The Hall–Kier alpha value is -2.88. The number of aryl methyl sites for hydroxylation is 1. The Morgan fingerprint density at radius 2 is 1.71 bits per heavy atom. The maximum absolute atomic E-state index is 12.1. The number of fused-ring (bicyclic) bond motifs is 1.